The molecular weight excluding hydrogens is 358 g/mol. The number of hydrogen-bond acceptors (Lipinski definition) is 3. The third kappa shape index (κ3) is 2.97. The van der Waals surface area contributed by atoms with E-state index in [1.807, 2.05) is 19.2 Å². The number of anilines is 1. The van der Waals surface area contributed by atoms with E-state index in [0.29, 0.717) is 11.6 Å². The third-order valence-corrected chi connectivity index (χ3v) is 5.10. The van der Waals surface area contributed by atoms with Crippen molar-refractivity contribution in [2.75, 3.05) is 24.5 Å². The van der Waals surface area contributed by atoms with E-state index in [1.165, 1.54) is 0 Å². The Morgan fingerprint density at radius 3 is 2.74 bits per heavy atom. The fourth-order valence-corrected chi connectivity index (χ4v) is 4.01. The monoisotopic (exact) mass is 379 g/mol. The number of carboxylic acid groups (broad SMARTS) is 1. The molecule has 3 heterocycles. The van der Waals surface area contributed by atoms with Crippen molar-refractivity contribution in [3.63, 3.8) is 0 Å². The van der Waals surface area contributed by atoms with Crippen molar-refractivity contribution >= 4 is 33.2 Å². The van der Waals surface area contributed by atoms with Gasteiger partial charge in [0.1, 0.15) is 5.82 Å². The highest BCUT2D eigenvalue weighted by Crippen LogP contribution is 2.31. The van der Waals surface area contributed by atoms with Gasteiger partial charge in [-0.1, -0.05) is 0 Å². The van der Waals surface area contributed by atoms with Crippen molar-refractivity contribution in [3.8, 4) is 0 Å². The molecule has 0 bridgehead atoms. The fraction of sp³-hybridized carbons (Fsp3) is 0.471. The van der Waals surface area contributed by atoms with Gasteiger partial charge in [0.25, 0.3) is 0 Å². The van der Waals surface area contributed by atoms with Crippen LogP contribution >= 0.6 is 15.9 Å². The molecule has 0 atom stereocenters. The molecule has 2 aromatic heterocycles. The van der Waals surface area contributed by atoms with Crippen molar-refractivity contribution in [1.29, 1.82) is 0 Å². The lowest BCUT2D eigenvalue weighted by Gasteiger charge is -2.37. The van der Waals surface area contributed by atoms with Crippen LogP contribution in [-0.2, 0) is 0 Å². The fourth-order valence-electron chi connectivity index (χ4n) is 3.57. The zero-order valence-electron chi connectivity index (χ0n) is 13.5. The largest absolute Gasteiger partial charge is 0.478 e. The van der Waals surface area contributed by atoms with Crippen molar-refractivity contribution in [1.82, 2.24) is 9.72 Å². The molecule has 1 fully saturated rings. The van der Waals surface area contributed by atoms with E-state index in [0.717, 1.165) is 53.8 Å². The SMILES string of the molecule is CCN(c1c(C)c(C(=O)O)cc2cc(Br)cn12)C1CCNCC1. The van der Waals surface area contributed by atoms with Crippen LogP contribution in [0.5, 0.6) is 0 Å². The summed E-state index contributed by atoms with van der Waals surface area (Å²) >= 11 is 3.52. The van der Waals surface area contributed by atoms with Gasteiger partial charge in [0.2, 0.25) is 0 Å². The predicted molar refractivity (Wildman–Crippen MR) is 95.7 cm³/mol. The summed E-state index contributed by atoms with van der Waals surface area (Å²) in [6, 6.07) is 4.15. The van der Waals surface area contributed by atoms with Gasteiger partial charge in [-0.15, -0.1) is 0 Å². The molecule has 0 radical (unpaired) electrons. The molecule has 0 unspecified atom stereocenters. The number of piperidine rings is 1. The number of fused-ring (bicyclic) bond motifs is 1. The lowest BCUT2D eigenvalue weighted by Crippen LogP contribution is -2.44. The summed E-state index contributed by atoms with van der Waals surface area (Å²) in [5.74, 6) is 0.130. The number of nitrogens with zero attached hydrogens (tertiary/aromatic N) is 2. The van der Waals surface area contributed by atoms with E-state index in [1.54, 1.807) is 6.07 Å². The second-order valence-electron chi connectivity index (χ2n) is 6.03. The zero-order chi connectivity index (χ0) is 16.6. The van der Waals surface area contributed by atoms with Crippen molar-refractivity contribution in [2.45, 2.75) is 32.7 Å². The predicted octanol–water partition coefficient (Wildman–Crippen LogP) is 3.29. The molecule has 0 aliphatic carbocycles. The molecule has 0 amide bonds. The van der Waals surface area contributed by atoms with Crippen LogP contribution in [0, 0.1) is 6.92 Å². The Morgan fingerprint density at radius 1 is 1.43 bits per heavy atom. The minimum atomic E-state index is -0.870. The first kappa shape index (κ1) is 16.3. The van der Waals surface area contributed by atoms with Crippen LogP contribution in [0.15, 0.2) is 22.8 Å². The highest BCUT2D eigenvalue weighted by atomic mass is 79.9. The molecule has 0 spiro atoms. The van der Waals surface area contributed by atoms with Gasteiger partial charge >= 0.3 is 5.97 Å². The maximum Gasteiger partial charge on any atom is 0.336 e. The van der Waals surface area contributed by atoms with Crippen molar-refractivity contribution in [2.24, 2.45) is 0 Å². The number of hydrogen-bond donors (Lipinski definition) is 2. The van der Waals surface area contributed by atoms with E-state index in [4.69, 9.17) is 0 Å². The molecule has 2 N–H and O–H groups in total. The van der Waals surface area contributed by atoms with Gasteiger partial charge < -0.3 is 19.7 Å². The van der Waals surface area contributed by atoms with Crippen LogP contribution in [0.1, 0.15) is 35.7 Å². The highest BCUT2D eigenvalue weighted by Gasteiger charge is 2.25. The molecule has 2 aromatic rings. The molecule has 1 aliphatic heterocycles. The summed E-state index contributed by atoms with van der Waals surface area (Å²) in [5, 5.41) is 13.0. The normalized spacial score (nSPS) is 16.0. The van der Waals surface area contributed by atoms with E-state index in [9.17, 15) is 9.90 Å². The van der Waals surface area contributed by atoms with Gasteiger partial charge in [0.15, 0.2) is 0 Å². The Kier molecular flexibility index (Phi) is 4.64. The van der Waals surface area contributed by atoms with Crippen LogP contribution in [0.2, 0.25) is 0 Å². The Morgan fingerprint density at radius 2 is 2.13 bits per heavy atom. The maximum atomic E-state index is 11.7. The van der Waals surface area contributed by atoms with Gasteiger partial charge in [0.05, 0.1) is 5.56 Å². The van der Waals surface area contributed by atoms with Gasteiger partial charge in [0, 0.05) is 34.3 Å². The smallest absolute Gasteiger partial charge is 0.336 e. The Hall–Kier alpha value is -1.53. The molecule has 0 aromatic carbocycles. The van der Waals surface area contributed by atoms with E-state index >= 15 is 0 Å². The molecule has 23 heavy (non-hydrogen) atoms. The van der Waals surface area contributed by atoms with E-state index in [2.05, 4.69) is 37.5 Å². The molecule has 5 nitrogen and oxygen atoms in total. The molecule has 6 heteroatoms. The molecule has 0 saturated carbocycles. The van der Waals surface area contributed by atoms with Crippen LogP contribution in [0.4, 0.5) is 5.82 Å². The average molecular weight is 380 g/mol. The molecule has 124 valence electrons. The second kappa shape index (κ2) is 6.53. The summed E-state index contributed by atoms with van der Waals surface area (Å²) in [6.45, 7) is 6.93. The minimum Gasteiger partial charge on any atom is -0.478 e. The van der Waals surface area contributed by atoms with Gasteiger partial charge in [-0.25, -0.2) is 4.79 Å². The quantitative estimate of drug-likeness (QED) is 0.855. The number of halogens is 1. The van der Waals surface area contributed by atoms with Gasteiger partial charge in [-0.2, -0.15) is 0 Å². The number of aromatic nitrogens is 1. The zero-order valence-corrected chi connectivity index (χ0v) is 15.1. The van der Waals surface area contributed by atoms with E-state index in [-0.39, 0.29) is 0 Å². The Balaban J connectivity index is 2.20. The van der Waals surface area contributed by atoms with Crippen LogP contribution in [0.3, 0.4) is 0 Å². The lowest BCUT2D eigenvalue weighted by atomic mass is 10.0. The molecule has 3 rings (SSSR count). The van der Waals surface area contributed by atoms with Crippen molar-refractivity contribution < 1.29 is 9.90 Å². The summed E-state index contributed by atoms with van der Waals surface area (Å²) in [5.41, 5.74) is 2.11. The van der Waals surface area contributed by atoms with Crippen LogP contribution < -0.4 is 10.2 Å². The number of carboxylic acids is 1. The Bertz CT molecular complexity index is 735. The standard InChI is InChI=1S/C17H22BrN3O2/c1-3-20(13-4-6-19-7-5-13)16-11(2)15(17(22)23)9-14-8-12(18)10-21(14)16/h8-10,13,19H,3-7H2,1-2H3,(H,22,23). The van der Waals surface area contributed by atoms with Crippen LogP contribution in [-0.4, -0.2) is 41.2 Å². The molecule has 1 aliphatic rings. The summed E-state index contributed by atoms with van der Waals surface area (Å²) in [7, 11) is 0. The van der Waals surface area contributed by atoms with Crippen molar-refractivity contribution in [3.05, 3.63) is 33.9 Å². The lowest BCUT2D eigenvalue weighted by molar-refractivity contribution is 0.0696. The second-order valence-corrected chi connectivity index (χ2v) is 6.95. The van der Waals surface area contributed by atoms with Gasteiger partial charge in [-0.05, 0) is 67.8 Å². The third-order valence-electron chi connectivity index (χ3n) is 4.67. The summed E-state index contributed by atoms with van der Waals surface area (Å²) in [4.78, 5) is 14.0. The first-order valence-corrected chi connectivity index (χ1v) is 8.84. The Labute approximate surface area is 144 Å². The number of nitrogens with one attached hydrogen (secondary N) is 1. The van der Waals surface area contributed by atoms with Gasteiger partial charge in [-0.3, -0.25) is 0 Å². The topological polar surface area (TPSA) is 57.0 Å². The minimum absolute atomic E-state index is 0.380. The van der Waals surface area contributed by atoms with Crippen LogP contribution in [0.25, 0.3) is 5.52 Å². The number of rotatable bonds is 4. The average Bonchev–Trinajstić information content (AvgIpc) is 2.90. The first-order chi connectivity index (χ1) is 11.0. The maximum absolute atomic E-state index is 11.7. The highest BCUT2D eigenvalue weighted by molar-refractivity contribution is 9.10. The molecular formula is C17H22BrN3O2. The number of carbonyl (C=O) groups is 1. The molecule has 1 saturated heterocycles. The summed E-state index contributed by atoms with van der Waals surface area (Å²) in [6.07, 6.45) is 4.18. The first-order valence-electron chi connectivity index (χ1n) is 8.04. The summed E-state index contributed by atoms with van der Waals surface area (Å²) < 4.78 is 3.07. The number of pyridine rings is 1. The van der Waals surface area contributed by atoms with E-state index < -0.39 is 5.97 Å². The number of aromatic carboxylic acids is 1.